The number of carbonyl (C=O) groups is 1. The Labute approximate surface area is 153 Å². The van der Waals surface area contributed by atoms with E-state index in [1.54, 1.807) is 12.1 Å². The molecule has 4 rings (SSSR count). The van der Waals surface area contributed by atoms with Crippen LogP contribution in [0.25, 0.3) is 0 Å². The zero-order valence-corrected chi connectivity index (χ0v) is 15.1. The summed E-state index contributed by atoms with van der Waals surface area (Å²) < 4.78 is 11.4. The second kappa shape index (κ2) is 7.10. The summed E-state index contributed by atoms with van der Waals surface area (Å²) in [5.74, 6) is 0.111. The number of amides is 1. The van der Waals surface area contributed by atoms with Crippen molar-refractivity contribution in [3.8, 4) is 0 Å². The van der Waals surface area contributed by atoms with E-state index in [-0.39, 0.29) is 17.4 Å². The quantitative estimate of drug-likeness (QED) is 0.754. The second-order valence-corrected chi connectivity index (χ2v) is 7.61. The summed E-state index contributed by atoms with van der Waals surface area (Å²) in [6.07, 6.45) is 6.17. The van der Waals surface area contributed by atoms with E-state index >= 15 is 0 Å². The fraction of sp³-hybridized carbons (Fsp3) is 0.550. The molecule has 2 atom stereocenters. The Balaban J connectivity index is 1.66. The molecule has 0 saturated carbocycles. The molecule has 3 aliphatic heterocycles. The average Bonchev–Trinajstić information content (AvgIpc) is 2.68. The molecule has 0 spiro atoms. The van der Waals surface area contributed by atoms with Gasteiger partial charge in [-0.2, -0.15) is 0 Å². The summed E-state index contributed by atoms with van der Waals surface area (Å²) in [6, 6.07) is 7.44. The van der Waals surface area contributed by atoms with E-state index in [0.29, 0.717) is 23.8 Å². The first-order chi connectivity index (χ1) is 12.2. The lowest BCUT2D eigenvalue weighted by molar-refractivity contribution is -0.0739. The van der Waals surface area contributed by atoms with Gasteiger partial charge in [-0.3, -0.25) is 4.79 Å². The third kappa shape index (κ3) is 3.12. The summed E-state index contributed by atoms with van der Waals surface area (Å²) in [6.45, 7) is 3.70. The van der Waals surface area contributed by atoms with Crippen molar-refractivity contribution in [2.24, 2.45) is 5.41 Å². The first-order valence-corrected chi connectivity index (χ1v) is 9.50. The molecule has 0 aromatic heterocycles. The number of halogens is 1. The number of fused-ring (bicyclic) bond motifs is 1. The number of hydrogen-bond donors (Lipinski definition) is 0. The Kier molecular flexibility index (Phi) is 4.85. The highest BCUT2D eigenvalue weighted by atomic mass is 35.5. The van der Waals surface area contributed by atoms with Gasteiger partial charge in [-0.15, -0.1) is 0 Å². The van der Waals surface area contributed by atoms with E-state index in [4.69, 9.17) is 21.1 Å². The average molecular weight is 362 g/mol. The highest BCUT2D eigenvalue weighted by Gasteiger charge is 2.50. The molecule has 0 unspecified atom stereocenters. The van der Waals surface area contributed by atoms with Gasteiger partial charge in [0.15, 0.2) is 0 Å². The molecule has 25 heavy (non-hydrogen) atoms. The molecule has 3 aliphatic rings. The van der Waals surface area contributed by atoms with Crippen LogP contribution in [0.15, 0.2) is 35.9 Å². The first kappa shape index (κ1) is 17.1. The Bertz CT molecular complexity index is 668. The van der Waals surface area contributed by atoms with Crippen LogP contribution in [0.2, 0.25) is 5.02 Å². The molecule has 1 aromatic rings. The molecule has 5 heteroatoms. The number of benzene rings is 1. The molecule has 134 valence electrons. The molecular formula is C20H24ClNO3. The monoisotopic (exact) mass is 361 g/mol. The predicted molar refractivity (Wildman–Crippen MR) is 96.9 cm³/mol. The van der Waals surface area contributed by atoms with Gasteiger partial charge in [0.2, 0.25) is 0 Å². The molecule has 2 saturated heterocycles. The van der Waals surface area contributed by atoms with Crippen LogP contribution >= 0.6 is 11.6 Å². The van der Waals surface area contributed by atoms with Crippen molar-refractivity contribution in [2.45, 2.75) is 31.7 Å². The Hall–Kier alpha value is -1.36. The molecule has 3 heterocycles. The third-order valence-corrected chi connectivity index (χ3v) is 6.14. The van der Waals surface area contributed by atoms with Crippen LogP contribution < -0.4 is 0 Å². The van der Waals surface area contributed by atoms with Gasteiger partial charge in [-0.1, -0.05) is 23.3 Å². The number of ether oxygens (including phenoxy) is 2. The lowest BCUT2D eigenvalue weighted by atomic mass is 9.65. The molecule has 0 aliphatic carbocycles. The lowest BCUT2D eigenvalue weighted by Crippen LogP contribution is -2.59. The Morgan fingerprint density at radius 2 is 2.04 bits per heavy atom. The molecule has 1 aromatic carbocycles. The molecule has 1 amide bonds. The molecule has 2 fully saturated rings. The summed E-state index contributed by atoms with van der Waals surface area (Å²) >= 11 is 5.98. The number of likely N-dealkylation sites (tertiary alicyclic amines) is 1. The molecule has 0 radical (unpaired) electrons. The maximum Gasteiger partial charge on any atom is 0.254 e. The summed E-state index contributed by atoms with van der Waals surface area (Å²) in [5, 5.41) is 0.656. The number of piperidine rings is 1. The fourth-order valence-corrected chi connectivity index (χ4v) is 4.81. The first-order valence-electron chi connectivity index (χ1n) is 9.12. The van der Waals surface area contributed by atoms with Crippen LogP contribution in [0.5, 0.6) is 0 Å². The Morgan fingerprint density at radius 3 is 2.80 bits per heavy atom. The molecule has 4 nitrogen and oxygen atoms in total. The summed E-state index contributed by atoms with van der Waals surface area (Å²) in [7, 11) is 0. The minimum Gasteiger partial charge on any atom is -0.380 e. The van der Waals surface area contributed by atoms with E-state index in [1.165, 1.54) is 5.57 Å². The minimum absolute atomic E-state index is 0.0393. The van der Waals surface area contributed by atoms with E-state index in [2.05, 4.69) is 11.0 Å². The zero-order valence-electron chi connectivity index (χ0n) is 14.4. The number of rotatable bonds is 2. The Morgan fingerprint density at radius 1 is 1.20 bits per heavy atom. The van der Waals surface area contributed by atoms with Gasteiger partial charge < -0.3 is 14.4 Å². The highest BCUT2D eigenvalue weighted by Crippen LogP contribution is 2.48. The van der Waals surface area contributed by atoms with Crippen molar-refractivity contribution in [1.82, 2.24) is 4.90 Å². The predicted octanol–water partition coefficient (Wildman–Crippen LogP) is 3.70. The highest BCUT2D eigenvalue weighted by molar-refractivity contribution is 6.30. The van der Waals surface area contributed by atoms with E-state index in [1.807, 2.05) is 12.1 Å². The van der Waals surface area contributed by atoms with Gasteiger partial charge in [-0.05, 0) is 49.9 Å². The van der Waals surface area contributed by atoms with Gasteiger partial charge in [0.05, 0.1) is 19.8 Å². The van der Waals surface area contributed by atoms with E-state index < -0.39 is 0 Å². The normalized spacial score (nSPS) is 29.7. The van der Waals surface area contributed by atoms with Crippen LogP contribution in [0, 0.1) is 5.41 Å². The fourth-order valence-electron chi connectivity index (χ4n) is 4.68. The van der Waals surface area contributed by atoms with Gasteiger partial charge in [0.1, 0.15) is 0 Å². The van der Waals surface area contributed by atoms with Crippen LogP contribution in [0.4, 0.5) is 0 Å². The smallest absolute Gasteiger partial charge is 0.254 e. The number of carbonyl (C=O) groups excluding carboxylic acids is 1. The van der Waals surface area contributed by atoms with Crippen molar-refractivity contribution in [3.63, 3.8) is 0 Å². The zero-order chi connectivity index (χ0) is 17.3. The van der Waals surface area contributed by atoms with Crippen LogP contribution in [-0.2, 0) is 9.47 Å². The van der Waals surface area contributed by atoms with Crippen LogP contribution in [0.3, 0.4) is 0 Å². The minimum atomic E-state index is -0.0393. The van der Waals surface area contributed by atoms with Crippen LogP contribution in [-0.4, -0.2) is 49.8 Å². The number of hydrogen-bond acceptors (Lipinski definition) is 3. The van der Waals surface area contributed by atoms with E-state index in [9.17, 15) is 4.79 Å². The van der Waals surface area contributed by atoms with Crippen molar-refractivity contribution in [1.29, 1.82) is 0 Å². The van der Waals surface area contributed by atoms with Gasteiger partial charge in [-0.25, -0.2) is 0 Å². The van der Waals surface area contributed by atoms with Gasteiger partial charge in [0, 0.05) is 35.2 Å². The maximum atomic E-state index is 13.2. The maximum absolute atomic E-state index is 13.2. The van der Waals surface area contributed by atoms with Gasteiger partial charge in [0.25, 0.3) is 5.91 Å². The standard InChI is InChI=1S/C20H24ClNO3/c21-17-4-2-15(3-5-17)19(23)22-10-1-9-20(14-25-13-8-18(20)22)16-6-11-24-12-7-16/h2-6,18H,1,7-14H2/t18-,20-/m0/s1. The summed E-state index contributed by atoms with van der Waals surface area (Å²) in [5.41, 5.74) is 2.10. The SMILES string of the molecule is O=C(c1ccc(Cl)cc1)N1CCC[C@@]2(C3=CCOCC3)COCC[C@H]12. The molecular weight excluding hydrogens is 338 g/mol. The van der Waals surface area contributed by atoms with Crippen molar-refractivity contribution in [2.75, 3.05) is 33.0 Å². The van der Waals surface area contributed by atoms with Crippen molar-refractivity contribution >= 4 is 17.5 Å². The lowest BCUT2D eigenvalue weighted by Gasteiger charge is -2.54. The van der Waals surface area contributed by atoms with E-state index in [0.717, 1.165) is 45.4 Å². The van der Waals surface area contributed by atoms with Crippen LogP contribution in [0.1, 0.15) is 36.0 Å². The topological polar surface area (TPSA) is 38.8 Å². The van der Waals surface area contributed by atoms with Crippen molar-refractivity contribution < 1.29 is 14.3 Å². The largest absolute Gasteiger partial charge is 0.380 e. The molecule has 0 bridgehead atoms. The molecule has 0 N–H and O–H groups in total. The summed E-state index contributed by atoms with van der Waals surface area (Å²) in [4.78, 5) is 15.3. The third-order valence-electron chi connectivity index (χ3n) is 5.89. The van der Waals surface area contributed by atoms with Gasteiger partial charge >= 0.3 is 0 Å². The second-order valence-electron chi connectivity index (χ2n) is 7.18. The van der Waals surface area contributed by atoms with Crippen molar-refractivity contribution in [3.05, 3.63) is 46.5 Å². The number of nitrogens with zero attached hydrogens (tertiary/aromatic N) is 1.